The maximum atomic E-state index is 12.0. The van der Waals surface area contributed by atoms with Crippen LogP contribution in [0.1, 0.15) is 43.1 Å². The van der Waals surface area contributed by atoms with E-state index in [1.807, 2.05) is 20.8 Å². The predicted molar refractivity (Wildman–Crippen MR) is 75.5 cm³/mol. The van der Waals surface area contributed by atoms with E-state index in [4.69, 9.17) is 5.11 Å². The monoisotopic (exact) mass is 286 g/mol. The topological polar surface area (TPSA) is 87.1 Å². The molecule has 6 nitrogen and oxygen atoms in total. The van der Waals surface area contributed by atoms with Crippen LogP contribution in [0, 0.1) is 0 Å². The van der Waals surface area contributed by atoms with Crippen molar-refractivity contribution in [3.63, 3.8) is 0 Å². The first-order chi connectivity index (χ1) is 8.82. The molecule has 0 aliphatic rings. The predicted octanol–water partition coefficient (Wildman–Crippen LogP) is 0.536. The molecule has 7 heteroatoms. The van der Waals surface area contributed by atoms with Gasteiger partial charge in [0.2, 0.25) is 0 Å². The highest BCUT2D eigenvalue weighted by molar-refractivity contribution is 7.08. The molecule has 108 valence electrons. The minimum absolute atomic E-state index is 0.140. The van der Waals surface area contributed by atoms with E-state index in [9.17, 15) is 4.79 Å². The minimum Gasteiger partial charge on any atom is -0.392 e. The molecule has 1 aromatic heterocycles. The zero-order valence-corrected chi connectivity index (χ0v) is 12.7. The molecule has 1 unspecified atom stereocenters. The van der Waals surface area contributed by atoms with Crippen LogP contribution in [0.25, 0.3) is 0 Å². The zero-order chi connectivity index (χ0) is 14.5. The van der Waals surface area contributed by atoms with E-state index < -0.39 is 0 Å². The Balaban J connectivity index is 2.44. The first-order valence-electron chi connectivity index (χ1n) is 6.32. The van der Waals surface area contributed by atoms with Gasteiger partial charge in [-0.1, -0.05) is 25.3 Å². The van der Waals surface area contributed by atoms with Crippen LogP contribution in [0.3, 0.4) is 0 Å². The van der Waals surface area contributed by atoms with Gasteiger partial charge in [0.25, 0.3) is 5.91 Å². The molecule has 0 bridgehead atoms. The normalized spacial score (nSPS) is 13.3. The highest BCUT2D eigenvalue weighted by atomic mass is 32.1. The average Bonchev–Trinajstić information content (AvgIpc) is 2.76. The van der Waals surface area contributed by atoms with Crippen molar-refractivity contribution in [2.45, 2.75) is 39.2 Å². The van der Waals surface area contributed by atoms with Crippen molar-refractivity contribution < 1.29 is 9.90 Å². The first-order valence-corrected chi connectivity index (χ1v) is 7.09. The van der Waals surface area contributed by atoms with Crippen molar-refractivity contribution in [3.8, 4) is 0 Å². The fraction of sp³-hybridized carbons (Fsp3) is 0.750. The van der Waals surface area contributed by atoms with Crippen molar-refractivity contribution in [2.75, 3.05) is 19.6 Å². The number of aliphatic hydroxyl groups is 1. The van der Waals surface area contributed by atoms with Crippen LogP contribution in [-0.2, 0) is 5.41 Å². The van der Waals surface area contributed by atoms with E-state index in [1.54, 1.807) is 6.92 Å². The number of aliphatic hydroxyl groups excluding tert-OH is 1. The van der Waals surface area contributed by atoms with Crippen molar-refractivity contribution in [1.29, 1.82) is 0 Å². The SMILES string of the molecule is CC(O)CNCCNC(=O)c1snnc1C(C)(C)C. The van der Waals surface area contributed by atoms with Crippen LogP contribution in [0.4, 0.5) is 0 Å². The van der Waals surface area contributed by atoms with E-state index in [1.165, 1.54) is 0 Å². The third-order valence-electron chi connectivity index (χ3n) is 2.43. The lowest BCUT2D eigenvalue weighted by Gasteiger charge is -2.16. The molecular weight excluding hydrogens is 264 g/mol. The Kier molecular flexibility index (Phi) is 5.84. The fourth-order valence-corrected chi connectivity index (χ4v) is 2.28. The molecular formula is C12H22N4O2S. The maximum Gasteiger partial charge on any atom is 0.265 e. The Morgan fingerprint density at radius 1 is 1.42 bits per heavy atom. The van der Waals surface area contributed by atoms with Gasteiger partial charge in [-0.3, -0.25) is 4.79 Å². The molecule has 1 aromatic rings. The summed E-state index contributed by atoms with van der Waals surface area (Å²) in [6, 6.07) is 0. The second-order valence-corrected chi connectivity index (χ2v) is 6.26. The largest absolute Gasteiger partial charge is 0.392 e. The summed E-state index contributed by atoms with van der Waals surface area (Å²) in [5.41, 5.74) is 0.538. The Hall–Kier alpha value is -1.05. The van der Waals surface area contributed by atoms with Crippen molar-refractivity contribution in [1.82, 2.24) is 20.2 Å². The molecule has 3 N–H and O–H groups in total. The van der Waals surface area contributed by atoms with Crippen molar-refractivity contribution in [3.05, 3.63) is 10.6 Å². The first kappa shape index (κ1) is 16.0. The summed E-state index contributed by atoms with van der Waals surface area (Å²) in [5, 5.41) is 19.0. The highest BCUT2D eigenvalue weighted by Crippen LogP contribution is 2.25. The van der Waals surface area contributed by atoms with E-state index >= 15 is 0 Å². The summed E-state index contributed by atoms with van der Waals surface area (Å²) in [6.07, 6.45) is -0.381. The Morgan fingerprint density at radius 2 is 2.11 bits per heavy atom. The molecule has 1 heterocycles. The van der Waals surface area contributed by atoms with Gasteiger partial charge in [-0.2, -0.15) is 0 Å². The van der Waals surface area contributed by atoms with Gasteiger partial charge in [-0.15, -0.1) is 5.10 Å². The van der Waals surface area contributed by atoms with Crippen LogP contribution in [0.2, 0.25) is 0 Å². The number of nitrogens with zero attached hydrogens (tertiary/aromatic N) is 2. The van der Waals surface area contributed by atoms with Crippen LogP contribution in [0.15, 0.2) is 0 Å². The number of carbonyl (C=O) groups excluding carboxylic acids is 1. The lowest BCUT2D eigenvalue weighted by atomic mass is 9.91. The third kappa shape index (κ3) is 5.22. The van der Waals surface area contributed by atoms with Gasteiger partial charge >= 0.3 is 0 Å². The lowest BCUT2D eigenvalue weighted by molar-refractivity contribution is 0.0955. The van der Waals surface area contributed by atoms with E-state index in [0.29, 0.717) is 24.5 Å². The molecule has 1 amide bonds. The number of amides is 1. The molecule has 0 saturated carbocycles. The summed E-state index contributed by atoms with van der Waals surface area (Å²) >= 11 is 1.12. The second-order valence-electron chi connectivity index (χ2n) is 5.51. The molecule has 1 rings (SSSR count). The van der Waals surface area contributed by atoms with Crippen LogP contribution in [-0.4, -0.2) is 46.3 Å². The van der Waals surface area contributed by atoms with Gasteiger partial charge < -0.3 is 15.7 Å². The molecule has 0 aliphatic heterocycles. The van der Waals surface area contributed by atoms with E-state index in [0.717, 1.165) is 17.2 Å². The molecule has 0 aliphatic carbocycles. The van der Waals surface area contributed by atoms with E-state index in [-0.39, 0.29) is 17.4 Å². The quantitative estimate of drug-likeness (QED) is 0.664. The standard InChI is InChI=1S/C12H22N4O2S/c1-8(17)7-13-5-6-14-11(18)9-10(12(2,3)4)15-16-19-9/h8,13,17H,5-7H2,1-4H3,(H,14,18). The number of nitrogens with one attached hydrogen (secondary N) is 2. The average molecular weight is 286 g/mol. The lowest BCUT2D eigenvalue weighted by Crippen LogP contribution is -2.35. The molecule has 0 radical (unpaired) electrons. The summed E-state index contributed by atoms with van der Waals surface area (Å²) in [6.45, 7) is 9.37. The molecule has 1 atom stereocenters. The van der Waals surface area contributed by atoms with Gasteiger partial charge in [0, 0.05) is 25.0 Å². The summed E-state index contributed by atoms with van der Waals surface area (Å²) in [4.78, 5) is 12.6. The minimum atomic E-state index is -0.381. The Morgan fingerprint density at radius 3 is 2.68 bits per heavy atom. The van der Waals surface area contributed by atoms with E-state index in [2.05, 4.69) is 20.2 Å². The molecule has 0 saturated heterocycles. The number of carbonyl (C=O) groups is 1. The van der Waals surface area contributed by atoms with Crippen molar-refractivity contribution in [2.24, 2.45) is 0 Å². The molecule has 0 fully saturated rings. The zero-order valence-electron chi connectivity index (χ0n) is 11.9. The van der Waals surface area contributed by atoms with Gasteiger partial charge in [-0.25, -0.2) is 0 Å². The highest BCUT2D eigenvalue weighted by Gasteiger charge is 2.25. The van der Waals surface area contributed by atoms with Crippen LogP contribution >= 0.6 is 11.5 Å². The fourth-order valence-electron chi connectivity index (χ4n) is 1.49. The maximum absolute atomic E-state index is 12.0. The Labute approximate surface area is 117 Å². The Bertz CT molecular complexity index is 412. The van der Waals surface area contributed by atoms with Gasteiger partial charge in [-0.05, 0) is 18.5 Å². The van der Waals surface area contributed by atoms with Crippen LogP contribution < -0.4 is 10.6 Å². The number of rotatable bonds is 6. The summed E-state index contributed by atoms with van der Waals surface area (Å²) in [7, 11) is 0. The number of hydrogen-bond acceptors (Lipinski definition) is 6. The van der Waals surface area contributed by atoms with Gasteiger partial charge in [0.15, 0.2) is 0 Å². The number of hydrogen-bond donors (Lipinski definition) is 3. The summed E-state index contributed by atoms with van der Waals surface area (Å²) in [5.74, 6) is -0.140. The smallest absolute Gasteiger partial charge is 0.265 e. The summed E-state index contributed by atoms with van der Waals surface area (Å²) < 4.78 is 3.86. The second kappa shape index (κ2) is 6.93. The van der Waals surface area contributed by atoms with Crippen molar-refractivity contribution >= 4 is 17.4 Å². The molecule has 0 aromatic carbocycles. The van der Waals surface area contributed by atoms with Gasteiger partial charge in [0.1, 0.15) is 4.88 Å². The van der Waals surface area contributed by atoms with Gasteiger partial charge in [0.05, 0.1) is 11.8 Å². The van der Waals surface area contributed by atoms with Crippen LogP contribution in [0.5, 0.6) is 0 Å². The molecule has 0 spiro atoms. The number of aromatic nitrogens is 2. The third-order valence-corrected chi connectivity index (χ3v) is 3.16. The molecule has 19 heavy (non-hydrogen) atoms.